The van der Waals surface area contributed by atoms with E-state index in [0.29, 0.717) is 17.4 Å². The smallest absolute Gasteiger partial charge is 0.134 e. The number of anilines is 1. The first kappa shape index (κ1) is 11.1. The number of rotatable bonds is 2. The lowest BCUT2D eigenvalue weighted by molar-refractivity contribution is 0.627. The summed E-state index contributed by atoms with van der Waals surface area (Å²) in [5, 5.41) is 0. The Morgan fingerprint density at radius 2 is 1.94 bits per heavy atom. The highest BCUT2D eigenvalue weighted by Gasteiger charge is 2.27. The summed E-state index contributed by atoms with van der Waals surface area (Å²) in [6.45, 7) is 1.86. The van der Waals surface area contributed by atoms with Gasteiger partial charge in [-0.25, -0.2) is 14.4 Å². The van der Waals surface area contributed by atoms with Gasteiger partial charge in [0.25, 0.3) is 0 Å². The summed E-state index contributed by atoms with van der Waals surface area (Å²) in [6.07, 6.45) is 2.23. The Labute approximate surface area is 105 Å². The van der Waals surface area contributed by atoms with Crippen molar-refractivity contribution in [3.05, 3.63) is 41.5 Å². The second kappa shape index (κ2) is 4.05. The maximum atomic E-state index is 13.4. The van der Waals surface area contributed by atoms with E-state index in [1.54, 1.807) is 6.07 Å². The van der Waals surface area contributed by atoms with Crippen LogP contribution in [0.2, 0.25) is 0 Å². The zero-order valence-electron chi connectivity index (χ0n) is 10.2. The van der Waals surface area contributed by atoms with E-state index >= 15 is 0 Å². The van der Waals surface area contributed by atoms with Crippen molar-refractivity contribution in [1.82, 2.24) is 9.97 Å². The van der Waals surface area contributed by atoms with Crippen molar-refractivity contribution in [3.8, 4) is 11.3 Å². The Hall–Kier alpha value is -1.97. The molecule has 0 unspecified atom stereocenters. The van der Waals surface area contributed by atoms with E-state index in [-0.39, 0.29) is 5.82 Å². The van der Waals surface area contributed by atoms with Crippen LogP contribution in [0.25, 0.3) is 11.3 Å². The molecule has 1 aliphatic rings. The van der Waals surface area contributed by atoms with Gasteiger partial charge in [-0.1, -0.05) is 0 Å². The molecular weight excluding hydrogens is 229 g/mol. The zero-order chi connectivity index (χ0) is 12.7. The van der Waals surface area contributed by atoms with E-state index in [1.807, 2.05) is 13.0 Å². The van der Waals surface area contributed by atoms with Crippen LogP contribution in [0.3, 0.4) is 0 Å². The van der Waals surface area contributed by atoms with Crippen LogP contribution in [0.5, 0.6) is 0 Å². The van der Waals surface area contributed by atoms with Crippen molar-refractivity contribution in [2.24, 2.45) is 0 Å². The molecule has 92 valence electrons. The lowest BCUT2D eigenvalue weighted by Crippen LogP contribution is -2.00. The topological polar surface area (TPSA) is 51.8 Å². The minimum absolute atomic E-state index is 0.254. The number of nitrogen functional groups attached to an aromatic ring is 1. The highest BCUT2D eigenvalue weighted by Crippen LogP contribution is 2.39. The fraction of sp³-hybridized carbons (Fsp3) is 0.286. The predicted molar refractivity (Wildman–Crippen MR) is 68.6 cm³/mol. The van der Waals surface area contributed by atoms with E-state index in [4.69, 9.17) is 5.73 Å². The third-order valence-corrected chi connectivity index (χ3v) is 3.04. The quantitative estimate of drug-likeness (QED) is 0.882. The van der Waals surface area contributed by atoms with Gasteiger partial charge in [-0.3, -0.25) is 0 Å². The first-order valence-corrected chi connectivity index (χ1v) is 6.04. The van der Waals surface area contributed by atoms with Crippen LogP contribution in [-0.4, -0.2) is 9.97 Å². The Balaban J connectivity index is 2.09. The molecule has 0 aliphatic heterocycles. The van der Waals surface area contributed by atoms with E-state index in [1.165, 1.54) is 12.1 Å². The van der Waals surface area contributed by atoms with Gasteiger partial charge in [0.2, 0.25) is 0 Å². The molecule has 0 spiro atoms. The third kappa shape index (κ3) is 2.18. The zero-order valence-corrected chi connectivity index (χ0v) is 10.2. The summed E-state index contributed by atoms with van der Waals surface area (Å²) in [4.78, 5) is 8.73. The van der Waals surface area contributed by atoms with Gasteiger partial charge >= 0.3 is 0 Å². The lowest BCUT2D eigenvalue weighted by Gasteiger charge is -2.06. The number of nitrogens with zero attached hydrogens (tertiary/aromatic N) is 2. The van der Waals surface area contributed by atoms with Crippen LogP contribution in [-0.2, 0) is 0 Å². The van der Waals surface area contributed by atoms with Gasteiger partial charge in [-0.15, -0.1) is 0 Å². The third-order valence-electron chi connectivity index (χ3n) is 3.04. The molecule has 4 heteroatoms. The highest BCUT2D eigenvalue weighted by molar-refractivity contribution is 5.63. The summed E-state index contributed by atoms with van der Waals surface area (Å²) in [7, 11) is 0. The minimum atomic E-state index is -0.254. The molecule has 3 nitrogen and oxygen atoms in total. The fourth-order valence-electron chi connectivity index (χ4n) is 2.04. The summed E-state index contributed by atoms with van der Waals surface area (Å²) in [6, 6.07) is 6.57. The van der Waals surface area contributed by atoms with Gasteiger partial charge in [0.15, 0.2) is 0 Å². The number of hydrogen-bond acceptors (Lipinski definition) is 3. The van der Waals surface area contributed by atoms with Crippen LogP contribution in [0.15, 0.2) is 24.3 Å². The molecule has 2 aromatic rings. The van der Waals surface area contributed by atoms with Crippen LogP contribution in [0.4, 0.5) is 10.2 Å². The monoisotopic (exact) mass is 243 g/mol. The number of halogens is 1. The van der Waals surface area contributed by atoms with E-state index < -0.39 is 0 Å². The lowest BCUT2D eigenvalue weighted by atomic mass is 10.1. The second-order valence-corrected chi connectivity index (χ2v) is 4.83. The first-order chi connectivity index (χ1) is 8.61. The average molecular weight is 243 g/mol. The Morgan fingerprint density at radius 1 is 1.17 bits per heavy atom. The van der Waals surface area contributed by atoms with E-state index in [2.05, 4.69) is 9.97 Å². The molecule has 0 amide bonds. The van der Waals surface area contributed by atoms with Crippen molar-refractivity contribution in [2.75, 3.05) is 5.73 Å². The van der Waals surface area contributed by atoms with Gasteiger partial charge in [0.1, 0.15) is 17.5 Å². The van der Waals surface area contributed by atoms with Crippen molar-refractivity contribution in [2.45, 2.75) is 25.7 Å². The molecule has 18 heavy (non-hydrogen) atoms. The average Bonchev–Trinajstić information content (AvgIpc) is 3.10. The van der Waals surface area contributed by atoms with Crippen LogP contribution in [0.1, 0.15) is 30.1 Å². The number of benzene rings is 1. The van der Waals surface area contributed by atoms with Crippen molar-refractivity contribution < 1.29 is 4.39 Å². The van der Waals surface area contributed by atoms with E-state index in [0.717, 1.165) is 29.8 Å². The number of aryl methyl sites for hydroxylation is 1. The molecule has 1 aromatic carbocycles. The largest absolute Gasteiger partial charge is 0.384 e. The molecule has 1 aromatic heterocycles. The highest BCUT2D eigenvalue weighted by atomic mass is 19.1. The maximum Gasteiger partial charge on any atom is 0.134 e. The van der Waals surface area contributed by atoms with Crippen LogP contribution >= 0.6 is 0 Å². The van der Waals surface area contributed by atoms with E-state index in [9.17, 15) is 4.39 Å². The van der Waals surface area contributed by atoms with Gasteiger partial charge in [-0.05, 0) is 43.5 Å². The Morgan fingerprint density at radius 3 is 2.61 bits per heavy atom. The number of aromatic nitrogens is 2. The van der Waals surface area contributed by atoms with Gasteiger partial charge in [0.05, 0.1) is 5.69 Å². The van der Waals surface area contributed by atoms with Crippen LogP contribution < -0.4 is 5.73 Å². The normalized spacial score (nSPS) is 14.8. The fourth-order valence-corrected chi connectivity index (χ4v) is 2.04. The molecular formula is C14H14FN3. The molecule has 1 heterocycles. The van der Waals surface area contributed by atoms with Crippen molar-refractivity contribution in [3.63, 3.8) is 0 Å². The molecule has 0 atom stereocenters. The SMILES string of the molecule is Cc1cc(F)cc(-c2cc(N)nc(C3CC3)n2)c1. The maximum absolute atomic E-state index is 13.4. The molecule has 1 fully saturated rings. The number of hydrogen-bond donors (Lipinski definition) is 1. The molecule has 0 bridgehead atoms. The molecule has 0 radical (unpaired) electrons. The minimum Gasteiger partial charge on any atom is -0.384 e. The van der Waals surface area contributed by atoms with Crippen molar-refractivity contribution >= 4 is 5.82 Å². The molecule has 1 aliphatic carbocycles. The van der Waals surface area contributed by atoms with Gasteiger partial charge in [-0.2, -0.15) is 0 Å². The summed E-state index contributed by atoms with van der Waals surface area (Å²) < 4.78 is 13.4. The first-order valence-electron chi connectivity index (χ1n) is 6.04. The predicted octanol–water partition coefficient (Wildman–Crippen LogP) is 3.05. The summed E-state index contributed by atoms with van der Waals surface area (Å²) >= 11 is 0. The standard InChI is InChI=1S/C14H14FN3/c1-8-4-10(6-11(15)5-8)12-7-13(16)18-14(17-12)9-2-3-9/h4-7,9H,2-3H2,1H3,(H2,16,17,18). The summed E-state index contributed by atoms with van der Waals surface area (Å²) in [5.74, 6) is 1.41. The summed E-state index contributed by atoms with van der Waals surface area (Å²) in [5.41, 5.74) is 8.12. The second-order valence-electron chi connectivity index (χ2n) is 4.83. The number of nitrogens with two attached hydrogens (primary N) is 1. The molecule has 3 rings (SSSR count). The van der Waals surface area contributed by atoms with Crippen LogP contribution in [0, 0.1) is 12.7 Å². The Kier molecular flexibility index (Phi) is 2.51. The molecule has 2 N–H and O–H groups in total. The molecule has 1 saturated carbocycles. The van der Waals surface area contributed by atoms with Gasteiger partial charge in [0, 0.05) is 17.5 Å². The Bertz CT molecular complexity index is 586. The molecule has 0 saturated heterocycles. The van der Waals surface area contributed by atoms with Crippen molar-refractivity contribution in [1.29, 1.82) is 0 Å². The van der Waals surface area contributed by atoms with Gasteiger partial charge < -0.3 is 5.73 Å².